The van der Waals surface area contributed by atoms with Crippen LogP contribution in [0.1, 0.15) is 43.5 Å². The minimum atomic E-state index is -0.0840. The Morgan fingerprint density at radius 2 is 1.88 bits per heavy atom. The zero-order chi connectivity index (χ0) is 11.8. The first kappa shape index (κ1) is 16.1. The van der Waals surface area contributed by atoms with Crippen molar-refractivity contribution in [3.05, 3.63) is 35.9 Å². The Bertz CT molecular complexity index is 313. The molecule has 96 valence electrons. The number of rotatable bonds is 7. The van der Waals surface area contributed by atoms with E-state index in [2.05, 4.69) is 12.2 Å². The van der Waals surface area contributed by atoms with Gasteiger partial charge in [0.1, 0.15) is 0 Å². The lowest BCUT2D eigenvalue weighted by Crippen LogP contribution is -2.34. The third kappa shape index (κ3) is 5.85. The van der Waals surface area contributed by atoms with E-state index in [-0.39, 0.29) is 24.2 Å². The van der Waals surface area contributed by atoms with E-state index in [1.54, 1.807) is 0 Å². The molecule has 2 nitrogen and oxygen atoms in total. The second kappa shape index (κ2) is 9.20. The molecule has 0 aliphatic heterocycles. The number of hydrogen-bond acceptors (Lipinski definition) is 2. The van der Waals surface area contributed by atoms with Crippen LogP contribution < -0.4 is 5.32 Å². The van der Waals surface area contributed by atoms with Gasteiger partial charge >= 0.3 is 0 Å². The molecule has 0 saturated heterocycles. The second-order valence-electron chi connectivity index (χ2n) is 4.11. The third-order valence-electron chi connectivity index (χ3n) is 2.68. The van der Waals surface area contributed by atoms with Crippen molar-refractivity contribution in [1.82, 2.24) is 5.32 Å². The Morgan fingerprint density at radius 3 is 2.47 bits per heavy atom. The van der Waals surface area contributed by atoms with Gasteiger partial charge in [-0.3, -0.25) is 4.79 Å². The van der Waals surface area contributed by atoms with Crippen LogP contribution in [0.3, 0.4) is 0 Å². The number of ketones is 1. The van der Waals surface area contributed by atoms with Crippen molar-refractivity contribution in [2.75, 3.05) is 6.54 Å². The fourth-order valence-electron chi connectivity index (χ4n) is 1.64. The molecule has 3 heteroatoms. The molecular formula is C14H22ClNO. The van der Waals surface area contributed by atoms with Crippen molar-refractivity contribution >= 4 is 18.2 Å². The Kier molecular flexibility index (Phi) is 8.73. The highest BCUT2D eigenvalue weighted by Crippen LogP contribution is 2.03. The number of hydrogen-bond donors (Lipinski definition) is 1. The van der Waals surface area contributed by atoms with Crippen molar-refractivity contribution in [3.63, 3.8) is 0 Å². The van der Waals surface area contributed by atoms with Crippen molar-refractivity contribution in [1.29, 1.82) is 0 Å². The maximum absolute atomic E-state index is 11.9. The third-order valence-corrected chi connectivity index (χ3v) is 2.68. The summed E-state index contributed by atoms with van der Waals surface area (Å²) < 4.78 is 0. The van der Waals surface area contributed by atoms with E-state index >= 15 is 0 Å². The summed E-state index contributed by atoms with van der Waals surface area (Å²) in [6.45, 7) is 5.04. The molecule has 0 fully saturated rings. The predicted octanol–water partition coefficient (Wildman–Crippen LogP) is 3.46. The zero-order valence-corrected chi connectivity index (χ0v) is 11.4. The van der Waals surface area contributed by atoms with Gasteiger partial charge in [0.2, 0.25) is 0 Å². The van der Waals surface area contributed by atoms with Gasteiger partial charge < -0.3 is 5.32 Å². The van der Waals surface area contributed by atoms with E-state index in [0.717, 1.165) is 18.5 Å². The molecule has 1 rings (SSSR count). The van der Waals surface area contributed by atoms with E-state index in [9.17, 15) is 4.79 Å². The van der Waals surface area contributed by atoms with Crippen molar-refractivity contribution in [3.8, 4) is 0 Å². The number of halogens is 1. The van der Waals surface area contributed by atoms with E-state index < -0.39 is 0 Å². The Balaban J connectivity index is 0.00000256. The van der Waals surface area contributed by atoms with Gasteiger partial charge in [0.05, 0.1) is 6.04 Å². The monoisotopic (exact) mass is 255 g/mol. The minimum absolute atomic E-state index is 0. The molecule has 17 heavy (non-hydrogen) atoms. The fraction of sp³-hybridized carbons (Fsp3) is 0.500. The van der Waals surface area contributed by atoms with Crippen LogP contribution in [0, 0.1) is 0 Å². The molecule has 1 atom stereocenters. The molecule has 0 saturated carbocycles. The topological polar surface area (TPSA) is 29.1 Å². The van der Waals surface area contributed by atoms with E-state index in [4.69, 9.17) is 0 Å². The molecule has 0 radical (unpaired) electrons. The van der Waals surface area contributed by atoms with Crippen molar-refractivity contribution in [2.24, 2.45) is 0 Å². The SMILES string of the molecule is CCCCCNC(C)C(=O)c1ccccc1.Cl. The quantitative estimate of drug-likeness (QED) is 0.597. The summed E-state index contributed by atoms with van der Waals surface area (Å²) in [5.74, 6) is 0.178. The lowest BCUT2D eigenvalue weighted by molar-refractivity contribution is 0.0951. The summed E-state index contributed by atoms with van der Waals surface area (Å²) in [5, 5.41) is 3.27. The van der Waals surface area contributed by atoms with Gasteiger partial charge in [0.25, 0.3) is 0 Å². The highest BCUT2D eigenvalue weighted by atomic mass is 35.5. The number of benzene rings is 1. The van der Waals surface area contributed by atoms with Crippen molar-refractivity contribution < 1.29 is 4.79 Å². The summed E-state index contributed by atoms with van der Waals surface area (Å²) in [7, 11) is 0. The van der Waals surface area contributed by atoms with E-state index in [1.165, 1.54) is 12.8 Å². The number of unbranched alkanes of at least 4 members (excludes halogenated alkanes) is 2. The van der Waals surface area contributed by atoms with Crippen LogP contribution in [0.15, 0.2) is 30.3 Å². The molecule has 0 aliphatic carbocycles. The van der Waals surface area contributed by atoms with Crippen LogP contribution in [0.25, 0.3) is 0 Å². The standard InChI is InChI=1S/C14H21NO.ClH/c1-3-4-8-11-15-12(2)14(16)13-9-6-5-7-10-13;/h5-7,9-10,12,15H,3-4,8,11H2,1-2H3;1H. The first-order chi connectivity index (χ1) is 7.75. The fourth-order valence-corrected chi connectivity index (χ4v) is 1.64. The number of carbonyl (C=O) groups excluding carboxylic acids is 1. The summed E-state index contributed by atoms with van der Waals surface area (Å²) in [4.78, 5) is 11.9. The normalized spacial score (nSPS) is 11.6. The van der Waals surface area contributed by atoms with Crippen LogP contribution in [-0.2, 0) is 0 Å². The average Bonchev–Trinajstić information content (AvgIpc) is 2.34. The van der Waals surface area contributed by atoms with Gasteiger partial charge in [-0.2, -0.15) is 0 Å². The second-order valence-corrected chi connectivity index (χ2v) is 4.11. The number of nitrogens with one attached hydrogen (secondary N) is 1. The molecule has 1 N–H and O–H groups in total. The maximum atomic E-state index is 11.9. The van der Waals surface area contributed by atoms with Gasteiger partial charge in [-0.25, -0.2) is 0 Å². The highest BCUT2D eigenvalue weighted by Gasteiger charge is 2.13. The molecule has 0 amide bonds. The van der Waals surface area contributed by atoms with Crippen LogP contribution in [0.5, 0.6) is 0 Å². The largest absolute Gasteiger partial charge is 0.307 e. The van der Waals surface area contributed by atoms with Gasteiger partial charge in [0.15, 0.2) is 5.78 Å². The zero-order valence-electron chi connectivity index (χ0n) is 10.6. The molecular weight excluding hydrogens is 234 g/mol. The van der Waals surface area contributed by atoms with Crippen LogP contribution in [0.4, 0.5) is 0 Å². The molecule has 1 aromatic rings. The molecule has 1 aromatic carbocycles. The van der Waals surface area contributed by atoms with Crippen molar-refractivity contribution in [2.45, 2.75) is 39.2 Å². The summed E-state index contributed by atoms with van der Waals surface area (Å²) >= 11 is 0. The smallest absolute Gasteiger partial charge is 0.179 e. The molecule has 0 aliphatic rings. The first-order valence-electron chi connectivity index (χ1n) is 6.08. The number of Topliss-reactive ketones (excluding diaryl/α,β-unsaturated/α-hetero) is 1. The first-order valence-corrected chi connectivity index (χ1v) is 6.08. The summed E-state index contributed by atoms with van der Waals surface area (Å²) in [5.41, 5.74) is 0.790. The number of carbonyl (C=O) groups is 1. The average molecular weight is 256 g/mol. The van der Waals surface area contributed by atoms with E-state index in [1.807, 2.05) is 37.3 Å². The molecule has 0 aromatic heterocycles. The predicted molar refractivity (Wildman–Crippen MR) is 75.0 cm³/mol. The van der Waals surface area contributed by atoms with Crippen LogP contribution >= 0.6 is 12.4 Å². The molecule has 0 bridgehead atoms. The molecule has 0 heterocycles. The lowest BCUT2D eigenvalue weighted by Gasteiger charge is -2.12. The summed E-state index contributed by atoms with van der Waals surface area (Å²) in [6.07, 6.45) is 3.57. The lowest BCUT2D eigenvalue weighted by atomic mass is 10.1. The van der Waals surface area contributed by atoms with E-state index in [0.29, 0.717) is 0 Å². The van der Waals surface area contributed by atoms with Gasteiger partial charge in [0, 0.05) is 5.56 Å². The highest BCUT2D eigenvalue weighted by molar-refractivity contribution is 5.99. The molecule has 0 spiro atoms. The Hall–Kier alpha value is -0.860. The Labute approximate surface area is 110 Å². The van der Waals surface area contributed by atoms with Crippen LogP contribution in [0.2, 0.25) is 0 Å². The maximum Gasteiger partial charge on any atom is 0.179 e. The molecule has 1 unspecified atom stereocenters. The summed E-state index contributed by atoms with van der Waals surface area (Å²) in [6, 6.07) is 9.38. The van der Waals surface area contributed by atoms with Gasteiger partial charge in [-0.05, 0) is 19.9 Å². The van der Waals surface area contributed by atoms with Gasteiger partial charge in [-0.1, -0.05) is 50.1 Å². The van der Waals surface area contributed by atoms with Crippen LogP contribution in [-0.4, -0.2) is 18.4 Å². The Morgan fingerprint density at radius 1 is 1.24 bits per heavy atom. The minimum Gasteiger partial charge on any atom is -0.307 e. The van der Waals surface area contributed by atoms with Gasteiger partial charge in [-0.15, -0.1) is 12.4 Å².